The molecule has 6 nitrogen and oxygen atoms in total. The summed E-state index contributed by atoms with van der Waals surface area (Å²) >= 11 is 0. The van der Waals surface area contributed by atoms with E-state index in [9.17, 15) is 0 Å². The van der Waals surface area contributed by atoms with E-state index in [1.54, 1.807) is 19.4 Å². The largest absolute Gasteiger partial charge is 0.490 e. The first-order valence-electron chi connectivity index (χ1n) is 9.60. The Kier molecular flexibility index (Phi) is 7.47. The molecular formula is C21H29N5O. The Morgan fingerprint density at radius 3 is 2.89 bits per heavy atom. The molecule has 0 amide bonds. The highest BCUT2D eigenvalue weighted by atomic mass is 16.5. The van der Waals surface area contributed by atoms with E-state index in [1.165, 1.54) is 18.4 Å². The Bertz CT molecular complexity index is 692. The quantitative estimate of drug-likeness (QED) is 0.426. The summed E-state index contributed by atoms with van der Waals surface area (Å²) in [6.45, 7) is 4.32. The van der Waals surface area contributed by atoms with Gasteiger partial charge in [-0.25, -0.2) is 0 Å². The van der Waals surface area contributed by atoms with Crippen LogP contribution in [0.2, 0.25) is 0 Å². The fourth-order valence-corrected chi connectivity index (χ4v) is 3.36. The number of likely N-dealkylation sites (tertiary alicyclic amines) is 1. The van der Waals surface area contributed by atoms with Crippen LogP contribution < -0.4 is 15.4 Å². The van der Waals surface area contributed by atoms with Crippen LogP contribution in [-0.4, -0.2) is 55.2 Å². The molecule has 6 heteroatoms. The monoisotopic (exact) mass is 367 g/mol. The van der Waals surface area contributed by atoms with Gasteiger partial charge in [-0.2, -0.15) is 0 Å². The molecule has 1 saturated heterocycles. The highest BCUT2D eigenvalue weighted by Crippen LogP contribution is 2.19. The summed E-state index contributed by atoms with van der Waals surface area (Å²) in [4.78, 5) is 10.9. The smallest absolute Gasteiger partial charge is 0.191 e. The van der Waals surface area contributed by atoms with Gasteiger partial charge in [0.15, 0.2) is 5.96 Å². The van der Waals surface area contributed by atoms with Crippen LogP contribution in [0.5, 0.6) is 5.75 Å². The van der Waals surface area contributed by atoms with Crippen LogP contribution in [-0.2, 0) is 6.54 Å². The lowest BCUT2D eigenvalue weighted by Crippen LogP contribution is -2.45. The Labute approximate surface area is 161 Å². The number of rotatable bonds is 8. The summed E-state index contributed by atoms with van der Waals surface area (Å²) < 4.78 is 5.65. The van der Waals surface area contributed by atoms with Crippen molar-refractivity contribution in [2.75, 3.05) is 33.3 Å². The molecule has 2 N–H and O–H groups in total. The summed E-state index contributed by atoms with van der Waals surface area (Å²) in [5.41, 5.74) is 1.37. The standard InChI is InChI=1S/C21H29N5O/c1-22-21(24-12-14-27-20-10-5-11-23-16-20)25-15-19-9-6-13-26(19)17-18-7-3-2-4-8-18/h2-5,7-8,10-11,16,19H,6,9,12-15,17H2,1H3,(H2,22,24,25). The molecule has 0 spiro atoms. The molecule has 144 valence electrons. The molecule has 0 radical (unpaired) electrons. The number of hydrogen-bond donors (Lipinski definition) is 2. The molecule has 1 aromatic carbocycles. The molecule has 1 unspecified atom stereocenters. The number of benzene rings is 1. The topological polar surface area (TPSA) is 61.8 Å². The average Bonchev–Trinajstić information content (AvgIpc) is 3.16. The van der Waals surface area contributed by atoms with Crippen molar-refractivity contribution in [1.29, 1.82) is 0 Å². The molecule has 1 aromatic heterocycles. The Balaban J connectivity index is 1.38. The fourth-order valence-electron chi connectivity index (χ4n) is 3.36. The third-order valence-electron chi connectivity index (χ3n) is 4.75. The van der Waals surface area contributed by atoms with Crippen LogP contribution >= 0.6 is 0 Å². The zero-order valence-corrected chi connectivity index (χ0v) is 16.0. The molecule has 1 aliphatic heterocycles. The van der Waals surface area contributed by atoms with Gasteiger partial charge in [-0.1, -0.05) is 30.3 Å². The molecule has 1 fully saturated rings. The summed E-state index contributed by atoms with van der Waals surface area (Å²) in [6.07, 6.45) is 5.93. The molecule has 1 aliphatic rings. The molecule has 0 bridgehead atoms. The molecular weight excluding hydrogens is 338 g/mol. The molecule has 2 heterocycles. The predicted molar refractivity (Wildman–Crippen MR) is 109 cm³/mol. The van der Waals surface area contributed by atoms with E-state index in [4.69, 9.17) is 4.74 Å². The molecule has 0 saturated carbocycles. The van der Waals surface area contributed by atoms with Crippen LogP contribution in [0.4, 0.5) is 0 Å². The lowest BCUT2D eigenvalue weighted by atomic mass is 10.2. The van der Waals surface area contributed by atoms with Crippen molar-refractivity contribution in [3.8, 4) is 5.75 Å². The van der Waals surface area contributed by atoms with Gasteiger partial charge in [0.1, 0.15) is 12.4 Å². The average molecular weight is 367 g/mol. The summed E-state index contributed by atoms with van der Waals surface area (Å²) in [5, 5.41) is 6.76. The molecule has 1 atom stereocenters. The number of ether oxygens (including phenoxy) is 1. The van der Waals surface area contributed by atoms with Gasteiger partial charge in [-0.05, 0) is 37.1 Å². The Morgan fingerprint density at radius 2 is 2.11 bits per heavy atom. The van der Waals surface area contributed by atoms with Gasteiger partial charge >= 0.3 is 0 Å². The molecule has 27 heavy (non-hydrogen) atoms. The van der Waals surface area contributed by atoms with Crippen LogP contribution in [0.3, 0.4) is 0 Å². The lowest BCUT2D eigenvalue weighted by molar-refractivity contribution is 0.245. The number of nitrogens with one attached hydrogen (secondary N) is 2. The van der Waals surface area contributed by atoms with Crippen LogP contribution in [0.25, 0.3) is 0 Å². The number of aromatic nitrogens is 1. The summed E-state index contributed by atoms with van der Waals surface area (Å²) in [6, 6.07) is 15.0. The maximum absolute atomic E-state index is 5.65. The first-order valence-corrected chi connectivity index (χ1v) is 9.60. The van der Waals surface area contributed by atoms with Crippen molar-refractivity contribution < 1.29 is 4.74 Å². The van der Waals surface area contributed by atoms with Gasteiger partial charge in [0.25, 0.3) is 0 Å². The second-order valence-corrected chi connectivity index (χ2v) is 6.67. The van der Waals surface area contributed by atoms with E-state index in [0.717, 1.165) is 31.3 Å². The Morgan fingerprint density at radius 1 is 1.22 bits per heavy atom. The third-order valence-corrected chi connectivity index (χ3v) is 4.75. The maximum atomic E-state index is 5.65. The van der Waals surface area contributed by atoms with E-state index in [1.807, 2.05) is 12.1 Å². The van der Waals surface area contributed by atoms with E-state index in [-0.39, 0.29) is 0 Å². The van der Waals surface area contributed by atoms with E-state index in [2.05, 4.69) is 55.8 Å². The van der Waals surface area contributed by atoms with Crippen molar-refractivity contribution >= 4 is 5.96 Å². The minimum Gasteiger partial charge on any atom is -0.490 e. The van der Waals surface area contributed by atoms with Crippen LogP contribution in [0.1, 0.15) is 18.4 Å². The third kappa shape index (κ3) is 6.25. The number of aliphatic imine (C=N–C) groups is 1. The number of hydrogen-bond acceptors (Lipinski definition) is 4. The van der Waals surface area contributed by atoms with E-state index >= 15 is 0 Å². The summed E-state index contributed by atoms with van der Waals surface area (Å²) in [5.74, 6) is 1.60. The van der Waals surface area contributed by atoms with Gasteiger partial charge < -0.3 is 15.4 Å². The van der Waals surface area contributed by atoms with Crippen molar-refractivity contribution in [2.45, 2.75) is 25.4 Å². The van der Waals surface area contributed by atoms with Crippen molar-refractivity contribution in [2.24, 2.45) is 4.99 Å². The van der Waals surface area contributed by atoms with Crippen molar-refractivity contribution in [3.05, 3.63) is 60.4 Å². The zero-order valence-electron chi connectivity index (χ0n) is 16.0. The van der Waals surface area contributed by atoms with Gasteiger partial charge in [-0.15, -0.1) is 0 Å². The number of guanidine groups is 1. The van der Waals surface area contributed by atoms with Crippen molar-refractivity contribution in [1.82, 2.24) is 20.5 Å². The predicted octanol–water partition coefficient (Wildman–Crippen LogP) is 2.29. The second-order valence-electron chi connectivity index (χ2n) is 6.67. The maximum Gasteiger partial charge on any atom is 0.191 e. The Hall–Kier alpha value is -2.60. The lowest BCUT2D eigenvalue weighted by Gasteiger charge is -2.25. The highest BCUT2D eigenvalue weighted by Gasteiger charge is 2.24. The first kappa shape index (κ1) is 19.2. The minimum absolute atomic E-state index is 0.537. The van der Waals surface area contributed by atoms with Gasteiger partial charge in [-0.3, -0.25) is 14.9 Å². The molecule has 0 aliphatic carbocycles. The van der Waals surface area contributed by atoms with E-state index in [0.29, 0.717) is 19.2 Å². The van der Waals surface area contributed by atoms with Gasteiger partial charge in [0.2, 0.25) is 0 Å². The van der Waals surface area contributed by atoms with Crippen molar-refractivity contribution in [3.63, 3.8) is 0 Å². The second kappa shape index (κ2) is 10.5. The number of pyridine rings is 1. The van der Waals surface area contributed by atoms with E-state index < -0.39 is 0 Å². The van der Waals surface area contributed by atoms with Gasteiger partial charge in [0, 0.05) is 32.4 Å². The van der Waals surface area contributed by atoms with Crippen LogP contribution in [0, 0.1) is 0 Å². The zero-order chi connectivity index (χ0) is 18.7. The van der Waals surface area contributed by atoms with Crippen LogP contribution in [0.15, 0.2) is 59.9 Å². The normalized spacial score (nSPS) is 17.7. The summed E-state index contributed by atoms with van der Waals surface area (Å²) in [7, 11) is 1.80. The first-order chi connectivity index (χ1) is 13.3. The minimum atomic E-state index is 0.537. The van der Waals surface area contributed by atoms with Gasteiger partial charge in [0.05, 0.1) is 12.7 Å². The SMILES string of the molecule is CN=C(NCCOc1cccnc1)NCC1CCCN1Cc1ccccc1. The number of nitrogens with zero attached hydrogens (tertiary/aromatic N) is 3. The highest BCUT2D eigenvalue weighted by molar-refractivity contribution is 5.79. The molecule has 2 aromatic rings. The molecule has 3 rings (SSSR count). The fraction of sp³-hybridized carbons (Fsp3) is 0.429.